The number of benzene rings is 1. The Kier molecular flexibility index (Phi) is 4.96. The molecule has 2 fully saturated rings. The van der Waals surface area contributed by atoms with Gasteiger partial charge in [0, 0.05) is 18.2 Å². The molecule has 1 N–H and O–H groups in total. The number of hydrogen-bond acceptors (Lipinski definition) is 3. The minimum absolute atomic E-state index is 0.0350. The summed E-state index contributed by atoms with van der Waals surface area (Å²) in [5.41, 5.74) is 2.05. The van der Waals surface area contributed by atoms with Gasteiger partial charge in [-0.2, -0.15) is 0 Å². The van der Waals surface area contributed by atoms with Crippen molar-refractivity contribution in [2.24, 2.45) is 5.92 Å². The van der Waals surface area contributed by atoms with Gasteiger partial charge in [-0.1, -0.05) is 30.5 Å². The number of carbonyl (C=O) groups is 2. The SMILES string of the molecule is Cc1ccc(N2CC(CNC(=O)C3CCCC3)OCC2=O)cc1. The van der Waals surface area contributed by atoms with Crippen molar-refractivity contribution in [3.8, 4) is 0 Å². The molecule has 124 valence electrons. The Bertz CT molecular complexity index is 564. The fraction of sp³-hybridized carbons (Fsp3) is 0.556. The minimum atomic E-state index is -0.153. The molecule has 0 radical (unpaired) electrons. The molecule has 1 aliphatic carbocycles. The third-order valence-corrected chi connectivity index (χ3v) is 4.71. The molecule has 23 heavy (non-hydrogen) atoms. The van der Waals surface area contributed by atoms with Gasteiger partial charge in [-0.3, -0.25) is 9.59 Å². The zero-order chi connectivity index (χ0) is 16.2. The normalized spacial score (nSPS) is 22.4. The van der Waals surface area contributed by atoms with E-state index in [4.69, 9.17) is 4.74 Å². The van der Waals surface area contributed by atoms with E-state index in [1.54, 1.807) is 4.90 Å². The zero-order valence-corrected chi connectivity index (χ0v) is 13.6. The van der Waals surface area contributed by atoms with E-state index in [-0.39, 0.29) is 30.4 Å². The van der Waals surface area contributed by atoms with Crippen LogP contribution in [0.2, 0.25) is 0 Å². The van der Waals surface area contributed by atoms with Gasteiger partial charge < -0.3 is 15.0 Å². The summed E-state index contributed by atoms with van der Waals surface area (Å²) in [4.78, 5) is 25.9. The highest BCUT2D eigenvalue weighted by Gasteiger charge is 2.29. The molecular formula is C18H24N2O3. The lowest BCUT2D eigenvalue weighted by Crippen LogP contribution is -2.51. The summed E-state index contributed by atoms with van der Waals surface area (Å²) in [5, 5.41) is 2.99. The molecular weight excluding hydrogens is 292 g/mol. The van der Waals surface area contributed by atoms with Gasteiger partial charge >= 0.3 is 0 Å². The van der Waals surface area contributed by atoms with E-state index in [0.717, 1.165) is 36.9 Å². The second-order valence-electron chi connectivity index (χ2n) is 6.50. The lowest BCUT2D eigenvalue weighted by molar-refractivity contribution is -0.130. The molecule has 5 heteroatoms. The lowest BCUT2D eigenvalue weighted by Gasteiger charge is -2.33. The Morgan fingerprint density at radius 2 is 1.96 bits per heavy atom. The summed E-state index contributed by atoms with van der Waals surface area (Å²) in [6, 6.07) is 7.89. The van der Waals surface area contributed by atoms with E-state index < -0.39 is 0 Å². The number of aryl methyl sites for hydroxylation is 1. The van der Waals surface area contributed by atoms with Crippen LogP contribution < -0.4 is 10.2 Å². The molecule has 3 rings (SSSR count). The Morgan fingerprint density at radius 1 is 1.26 bits per heavy atom. The van der Waals surface area contributed by atoms with Crippen molar-refractivity contribution in [1.82, 2.24) is 5.32 Å². The Balaban J connectivity index is 1.56. The first-order valence-corrected chi connectivity index (χ1v) is 8.40. The van der Waals surface area contributed by atoms with Crippen molar-refractivity contribution >= 4 is 17.5 Å². The summed E-state index contributed by atoms with van der Waals surface area (Å²) in [7, 11) is 0. The van der Waals surface area contributed by atoms with Crippen LogP contribution in [0, 0.1) is 12.8 Å². The molecule has 1 unspecified atom stereocenters. The third kappa shape index (κ3) is 3.91. The van der Waals surface area contributed by atoms with E-state index in [2.05, 4.69) is 5.32 Å². The van der Waals surface area contributed by atoms with Crippen LogP contribution in [0.25, 0.3) is 0 Å². The molecule has 2 aliphatic rings. The van der Waals surface area contributed by atoms with Crippen LogP contribution in [0.15, 0.2) is 24.3 Å². The zero-order valence-electron chi connectivity index (χ0n) is 13.6. The highest BCUT2D eigenvalue weighted by molar-refractivity contribution is 5.95. The van der Waals surface area contributed by atoms with E-state index in [0.29, 0.717) is 13.1 Å². The van der Waals surface area contributed by atoms with Crippen LogP contribution in [0.4, 0.5) is 5.69 Å². The molecule has 2 amide bonds. The Labute approximate surface area is 137 Å². The number of rotatable bonds is 4. The molecule has 0 spiro atoms. The number of nitrogens with zero attached hydrogens (tertiary/aromatic N) is 1. The molecule has 1 atom stereocenters. The van der Waals surface area contributed by atoms with Crippen molar-refractivity contribution in [3.63, 3.8) is 0 Å². The number of hydrogen-bond donors (Lipinski definition) is 1. The fourth-order valence-corrected chi connectivity index (χ4v) is 3.27. The molecule has 1 heterocycles. The quantitative estimate of drug-likeness (QED) is 0.925. The molecule has 1 saturated carbocycles. The van der Waals surface area contributed by atoms with Crippen LogP contribution in [0.1, 0.15) is 31.2 Å². The van der Waals surface area contributed by atoms with Crippen LogP contribution >= 0.6 is 0 Å². The average Bonchev–Trinajstić information content (AvgIpc) is 3.09. The van der Waals surface area contributed by atoms with Crippen LogP contribution in [0.5, 0.6) is 0 Å². The van der Waals surface area contributed by atoms with Gasteiger partial charge in [0.25, 0.3) is 5.91 Å². The topological polar surface area (TPSA) is 58.6 Å². The van der Waals surface area contributed by atoms with Crippen molar-refractivity contribution in [3.05, 3.63) is 29.8 Å². The van der Waals surface area contributed by atoms with E-state index in [1.807, 2.05) is 31.2 Å². The van der Waals surface area contributed by atoms with Gasteiger partial charge in [-0.25, -0.2) is 0 Å². The fourth-order valence-electron chi connectivity index (χ4n) is 3.27. The maximum absolute atomic E-state index is 12.1. The number of anilines is 1. The van der Waals surface area contributed by atoms with Gasteiger partial charge in [0.2, 0.25) is 5.91 Å². The average molecular weight is 316 g/mol. The van der Waals surface area contributed by atoms with Gasteiger partial charge in [0.15, 0.2) is 0 Å². The number of nitrogens with one attached hydrogen (secondary N) is 1. The largest absolute Gasteiger partial charge is 0.365 e. The molecule has 5 nitrogen and oxygen atoms in total. The van der Waals surface area contributed by atoms with Crippen molar-refractivity contribution in [2.45, 2.75) is 38.7 Å². The Morgan fingerprint density at radius 3 is 2.65 bits per heavy atom. The minimum Gasteiger partial charge on any atom is -0.365 e. The smallest absolute Gasteiger partial charge is 0.253 e. The predicted octanol–water partition coefficient (Wildman–Crippen LogP) is 2.03. The summed E-state index contributed by atoms with van der Waals surface area (Å²) in [6.45, 7) is 3.03. The first-order valence-electron chi connectivity index (χ1n) is 8.40. The summed E-state index contributed by atoms with van der Waals surface area (Å²) in [6.07, 6.45) is 4.12. The highest BCUT2D eigenvalue weighted by Crippen LogP contribution is 2.24. The van der Waals surface area contributed by atoms with Crippen LogP contribution in [-0.2, 0) is 14.3 Å². The van der Waals surface area contributed by atoms with Crippen LogP contribution in [0.3, 0.4) is 0 Å². The van der Waals surface area contributed by atoms with E-state index >= 15 is 0 Å². The van der Waals surface area contributed by atoms with E-state index in [9.17, 15) is 9.59 Å². The highest BCUT2D eigenvalue weighted by atomic mass is 16.5. The molecule has 0 bridgehead atoms. The first kappa shape index (κ1) is 16.0. The maximum Gasteiger partial charge on any atom is 0.253 e. The molecule has 1 saturated heterocycles. The third-order valence-electron chi connectivity index (χ3n) is 4.71. The summed E-state index contributed by atoms with van der Waals surface area (Å²) >= 11 is 0. The monoisotopic (exact) mass is 316 g/mol. The van der Waals surface area contributed by atoms with Gasteiger partial charge in [-0.15, -0.1) is 0 Å². The summed E-state index contributed by atoms with van der Waals surface area (Å²) < 4.78 is 5.57. The van der Waals surface area contributed by atoms with Crippen molar-refractivity contribution in [2.75, 3.05) is 24.6 Å². The predicted molar refractivity (Wildman–Crippen MR) is 88.2 cm³/mol. The van der Waals surface area contributed by atoms with Gasteiger partial charge in [0.1, 0.15) is 6.61 Å². The number of morpholine rings is 1. The molecule has 1 aliphatic heterocycles. The standard InChI is InChI=1S/C18H24N2O3/c1-13-6-8-15(9-7-13)20-11-16(23-12-17(20)21)10-19-18(22)14-4-2-3-5-14/h6-9,14,16H,2-5,10-12H2,1H3,(H,19,22). The lowest BCUT2D eigenvalue weighted by atomic mass is 10.1. The van der Waals surface area contributed by atoms with E-state index in [1.165, 1.54) is 0 Å². The Hall–Kier alpha value is -1.88. The second-order valence-corrected chi connectivity index (χ2v) is 6.50. The molecule has 1 aromatic carbocycles. The van der Waals surface area contributed by atoms with Crippen LogP contribution in [-0.4, -0.2) is 37.6 Å². The maximum atomic E-state index is 12.1. The van der Waals surface area contributed by atoms with Crippen molar-refractivity contribution < 1.29 is 14.3 Å². The molecule has 1 aromatic rings. The first-order chi connectivity index (χ1) is 11.1. The number of carbonyl (C=O) groups excluding carboxylic acids is 2. The summed E-state index contributed by atoms with van der Waals surface area (Å²) in [5.74, 6) is 0.255. The number of amides is 2. The van der Waals surface area contributed by atoms with Crippen molar-refractivity contribution in [1.29, 1.82) is 0 Å². The number of ether oxygens (including phenoxy) is 1. The molecule has 0 aromatic heterocycles. The second kappa shape index (κ2) is 7.13. The van der Waals surface area contributed by atoms with Gasteiger partial charge in [-0.05, 0) is 31.9 Å². The van der Waals surface area contributed by atoms with Gasteiger partial charge in [0.05, 0.1) is 12.6 Å².